The highest BCUT2D eigenvalue weighted by molar-refractivity contribution is 6.18. The molecule has 100 valence electrons. The number of amides is 1. The lowest BCUT2D eigenvalue weighted by Gasteiger charge is -2.21. The summed E-state index contributed by atoms with van der Waals surface area (Å²) in [5.41, 5.74) is 0.0220. The number of benzene rings is 1. The van der Waals surface area contributed by atoms with E-state index in [1.54, 1.807) is 0 Å². The molecule has 0 N–H and O–H groups in total. The number of unbranched alkanes of at least 4 members (excludes halogenated alkanes) is 1. The van der Waals surface area contributed by atoms with Gasteiger partial charge in [-0.15, -0.1) is 11.6 Å². The van der Waals surface area contributed by atoms with Crippen molar-refractivity contribution >= 4 is 17.5 Å². The molecule has 18 heavy (non-hydrogen) atoms. The summed E-state index contributed by atoms with van der Waals surface area (Å²) in [5, 5.41) is 0. The number of carbonyl (C=O) groups is 1. The molecule has 0 heterocycles. The van der Waals surface area contributed by atoms with Gasteiger partial charge in [0.1, 0.15) is 11.6 Å². The van der Waals surface area contributed by atoms with Crippen LogP contribution in [0.25, 0.3) is 0 Å². The van der Waals surface area contributed by atoms with Gasteiger partial charge in [0, 0.05) is 30.6 Å². The van der Waals surface area contributed by atoms with Crippen LogP contribution in [0.5, 0.6) is 0 Å². The number of hydrogen-bond donors (Lipinski definition) is 0. The van der Waals surface area contributed by atoms with Crippen LogP contribution in [-0.2, 0) is 0 Å². The summed E-state index contributed by atoms with van der Waals surface area (Å²) >= 11 is 5.63. The highest BCUT2D eigenvalue weighted by Crippen LogP contribution is 2.11. The van der Waals surface area contributed by atoms with Gasteiger partial charge in [0.2, 0.25) is 0 Å². The third-order valence-electron chi connectivity index (χ3n) is 2.53. The monoisotopic (exact) mass is 275 g/mol. The van der Waals surface area contributed by atoms with Gasteiger partial charge in [-0.25, -0.2) is 8.78 Å². The van der Waals surface area contributed by atoms with Crippen molar-refractivity contribution in [2.45, 2.75) is 19.8 Å². The lowest BCUT2D eigenvalue weighted by atomic mass is 10.1. The number of hydrogen-bond acceptors (Lipinski definition) is 1. The predicted molar refractivity (Wildman–Crippen MR) is 67.9 cm³/mol. The predicted octanol–water partition coefficient (Wildman–Crippen LogP) is 3.45. The van der Waals surface area contributed by atoms with Crippen molar-refractivity contribution in [2.24, 2.45) is 0 Å². The fourth-order valence-corrected chi connectivity index (χ4v) is 1.83. The van der Waals surface area contributed by atoms with E-state index in [9.17, 15) is 13.6 Å². The van der Waals surface area contributed by atoms with Crippen molar-refractivity contribution in [3.63, 3.8) is 0 Å². The lowest BCUT2D eigenvalue weighted by molar-refractivity contribution is 0.0762. The summed E-state index contributed by atoms with van der Waals surface area (Å²) in [6.45, 7) is 2.92. The Morgan fingerprint density at radius 3 is 2.33 bits per heavy atom. The quantitative estimate of drug-likeness (QED) is 0.728. The molecule has 2 nitrogen and oxygen atoms in total. The summed E-state index contributed by atoms with van der Waals surface area (Å²) in [5.74, 6) is -1.59. The number of halogens is 3. The number of nitrogens with zero attached hydrogens (tertiary/aromatic N) is 1. The Morgan fingerprint density at radius 1 is 1.22 bits per heavy atom. The Labute approximate surface area is 111 Å². The summed E-state index contributed by atoms with van der Waals surface area (Å²) < 4.78 is 26.1. The van der Waals surface area contributed by atoms with Crippen molar-refractivity contribution in [3.8, 4) is 0 Å². The zero-order valence-corrected chi connectivity index (χ0v) is 11.0. The van der Waals surface area contributed by atoms with E-state index >= 15 is 0 Å². The van der Waals surface area contributed by atoms with Crippen LogP contribution in [0, 0.1) is 11.6 Å². The van der Waals surface area contributed by atoms with Gasteiger partial charge in [-0.2, -0.15) is 0 Å². The Balaban J connectivity index is 2.86. The van der Waals surface area contributed by atoms with E-state index in [-0.39, 0.29) is 11.5 Å². The highest BCUT2D eigenvalue weighted by Gasteiger charge is 2.16. The Kier molecular flexibility index (Phi) is 6.05. The molecule has 0 spiro atoms. The maximum atomic E-state index is 13.1. The first-order valence-electron chi connectivity index (χ1n) is 5.89. The molecule has 0 unspecified atom stereocenters. The minimum absolute atomic E-state index is 0.0220. The minimum Gasteiger partial charge on any atom is -0.337 e. The van der Waals surface area contributed by atoms with Gasteiger partial charge in [-0.3, -0.25) is 4.79 Å². The van der Waals surface area contributed by atoms with Crippen molar-refractivity contribution in [1.82, 2.24) is 4.90 Å². The standard InChI is InChI=1S/C13H16ClF2NO/c1-2-3-5-17(6-4-14)13(18)10-7-11(15)9-12(16)8-10/h7-9H,2-6H2,1H3. The molecule has 0 aliphatic heterocycles. The minimum atomic E-state index is -0.750. The van der Waals surface area contributed by atoms with Crippen molar-refractivity contribution < 1.29 is 13.6 Å². The first kappa shape index (κ1) is 14.9. The van der Waals surface area contributed by atoms with Gasteiger partial charge in [0.25, 0.3) is 5.91 Å². The first-order valence-corrected chi connectivity index (χ1v) is 6.43. The zero-order chi connectivity index (χ0) is 13.5. The molecule has 0 aliphatic carbocycles. The van der Waals surface area contributed by atoms with Crippen LogP contribution < -0.4 is 0 Å². The van der Waals surface area contributed by atoms with Gasteiger partial charge in [0.15, 0.2) is 0 Å². The molecule has 1 aromatic rings. The van der Waals surface area contributed by atoms with Crippen LogP contribution in [0.1, 0.15) is 30.1 Å². The number of rotatable bonds is 6. The molecule has 0 bridgehead atoms. The molecule has 1 rings (SSSR count). The number of carbonyl (C=O) groups excluding carboxylic acids is 1. The van der Waals surface area contributed by atoms with Crippen LogP contribution in [-0.4, -0.2) is 29.8 Å². The Morgan fingerprint density at radius 2 is 1.83 bits per heavy atom. The molecule has 0 aromatic heterocycles. The smallest absolute Gasteiger partial charge is 0.254 e. The number of alkyl halides is 1. The van der Waals surface area contributed by atoms with E-state index in [1.807, 2.05) is 6.92 Å². The van der Waals surface area contributed by atoms with Gasteiger partial charge in [-0.1, -0.05) is 13.3 Å². The molecule has 0 radical (unpaired) electrons. The van der Waals surface area contributed by atoms with Crippen molar-refractivity contribution in [3.05, 3.63) is 35.4 Å². The van der Waals surface area contributed by atoms with Crippen LogP contribution in [0.3, 0.4) is 0 Å². The molecule has 0 aliphatic rings. The Hall–Kier alpha value is -1.16. The SMILES string of the molecule is CCCCN(CCCl)C(=O)c1cc(F)cc(F)c1. The van der Waals surface area contributed by atoms with Gasteiger partial charge < -0.3 is 4.90 Å². The molecule has 1 amide bonds. The fourth-order valence-electron chi connectivity index (χ4n) is 1.63. The third-order valence-corrected chi connectivity index (χ3v) is 2.70. The van der Waals surface area contributed by atoms with E-state index < -0.39 is 11.6 Å². The van der Waals surface area contributed by atoms with Crippen molar-refractivity contribution in [1.29, 1.82) is 0 Å². The molecule has 1 aromatic carbocycles. The van der Waals surface area contributed by atoms with Crippen molar-refractivity contribution in [2.75, 3.05) is 19.0 Å². The maximum absolute atomic E-state index is 13.1. The second kappa shape index (κ2) is 7.31. The zero-order valence-electron chi connectivity index (χ0n) is 10.3. The second-order valence-electron chi connectivity index (χ2n) is 3.99. The average molecular weight is 276 g/mol. The largest absolute Gasteiger partial charge is 0.337 e. The second-order valence-corrected chi connectivity index (χ2v) is 4.37. The topological polar surface area (TPSA) is 20.3 Å². The molecule has 0 saturated heterocycles. The summed E-state index contributed by atoms with van der Waals surface area (Å²) in [4.78, 5) is 13.6. The van der Waals surface area contributed by atoms with Gasteiger partial charge >= 0.3 is 0 Å². The van der Waals surface area contributed by atoms with E-state index in [2.05, 4.69) is 0 Å². The molecule has 5 heteroatoms. The van der Waals surface area contributed by atoms with E-state index in [1.165, 1.54) is 4.90 Å². The summed E-state index contributed by atoms with van der Waals surface area (Å²) in [6, 6.07) is 2.83. The lowest BCUT2D eigenvalue weighted by Crippen LogP contribution is -2.33. The molecular weight excluding hydrogens is 260 g/mol. The first-order chi connectivity index (χ1) is 8.58. The van der Waals surface area contributed by atoms with Crippen LogP contribution in [0.2, 0.25) is 0 Å². The van der Waals surface area contributed by atoms with E-state index in [0.717, 1.165) is 31.0 Å². The highest BCUT2D eigenvalue weighted by atomic mass is 35.5. The third kappa shape index (κ3) is 4.26. The van der Waals surface area contributed by atoms with E-state index in [4.69, 9.17) is 11.6 Å². The summed E-state index contributed by atoms with van der Waals surface area (Å²) in [6.07, 6.45) is 1.77. The van der Waals surface area contributed by atoms with Crippen LogP contribution in [0.4, 0.5) is 8.78 Å². The molecular formula is C13H16ClF2NO. The van der Waals surface area contributed by atoms with E-state index in [0.29, 0.717) is 19.0 Å². The fraction of sp³-hybridized carbons (Fsp3) is 0.462. The Bertz CT molecular complexity index is 392. The summed E-state index contributed by atoms with van der Waals surface area (Å²) in [7, 11) is 0. The molecule has 0 saturated carbocycles. The normalized spacial score (nSPS) is 10.4. The van der Waals surface area contributed by atoms with Crippen LogP contribution >= 0.6 is 11.6 Å². The van der Waals surface area contributed by atoms with Crippen LogP contribution in [0.15, 0.2) is 18.2 Å². The average Bonchev–Trinajstić information content (AvgIpc) is 2.32. The van der Waals surface area contributed by atoms with Gasteiger partial charge in [0.05, 0.1) is 0 Å². The maximum Gasteiger partial charge on any atom is 0.254 e. The molecule has 0 atom stereocenters. The van der Waals surface area contributed by atoms with Gasteiger partial charge in [-0.05, 0) is 18.6 Å². The molecule has 0 fully saturated rings.